The molecular weight excluding hydrogens is 287 g/mol. The molecule has 118 valence electrons. The van der Waals surface area contributed by atoms with Crippen molar-refractivity contribution in [3.63, 3.8) is 0 Å². The maximum atomic E-state index is 12.3. The Labute approximate surface area is 121 Å². The van der Waals surface area contributed by atoms with Gasteiger partial charge >= 0.3 is 12.1 Å². The zero-order chi connectivity index (χ0) is 15.9. The van der Waals surface area contributed by atoms with Gasteiger partial charge in [0.25, 0.3) is 0 Å². The maximum Gasteiger partial charge on any atom is 0.401 e. The molecular formula is C14H18F3NO3. The topological polar surface area (TPSA) is 47.6 Å². The first-order chi connectivity index (χ1) is 9.87. The van der Waals surface area contributed by atoms with Gasteiger partial charge in [0.15, 0.2) is 0 Å². The van der Waals surface area contributed by atoms with Crippen molar-refractivity contribution in [2.75, 3.05) is 19.8 Å². The molecule has 0 heterocycles. The van der Waals surface area contributed by atoms with Gasteiger partial charge in [-0.15, -0.1) is 0 Å². The van der Waals surface area contributed by atoms with E-state index in [0.29, 0.717) is 17.9 Å². The van der Waals surface area contributed by atoms with Crippen LogP contribution < -0.4 is 10.1 Å². The molecule has 0 spiro atoms. The molecule has 0 radical (unpaired) electrons. The highest BCUT2D eigenvalue weighted by atomic mass is 19.4. The number of carbonyl (C=O) groups is 1. The van der Waals surface area contributed by atoms with Gasteiger partial charge < -0.3 is 9.47 Å². The van der Waals surface area contributed by atoms with Crippen LogP contribution in [0.25, 0.3) is 0 Å². The Morgan fingerprint density at radius 1 is 1.29 bits per heavy atom. The Bertz CT molecular complexity index is 463. The molecule has 0 aliphatic rings. The normalized spacial score (nSPS) is 12.8. The molecule has 7 heteroatoms. The Balaban J connectivity index is 2.94. The molecule has 0 aliphatic heterocycles. The fraction of sp³-hybridized carbons (Fsp3) is 0.500. The van der Waals surface area contributed by atoms with Gasteiger partial charge in [-0.2, -0.15) is 13.2 Å². The molecule has 1 atom stereocenters. The number of alkyl halides is 3. The number of ether oxygens (including phenoxy) is 2. The number of esters is 1. The molecule has 1 aromatic carbocycles. The summed E-state index contributed by atoms with van der Waals surface area (Å²) in [5, 5.41) is 2.17. The van der Waals surface area contributed by atoms with Crippen LogP contribution in [0.2, 0.25) is 0 Å². The molecule has 0 saturated carbocycles. The highest BCUT2D eigenvalue weighted by Gasteiger charge is 2.31. The SMILES string of the molecule is CCOC(=O)C(NCC(F)(F)F)c1cccc(OCC)c1. The summed E-state index contributed by atoms with van der Waals surface area (Å²) in [5.41, 5.74) is 0.364. The first kappa shape index (κ1) is 17.3. The number of carbonyl (C=O) groups excluding carboxylic acids is 1. The van der Waals surface area contributed by atoms with Crippen molar-refractivity contribution >= 4 is 5.97 Å². The Morgan fingerprint density at radius 3 is 2.57 bits per heavy atom. The first-order valence-corrected chi connectivity index (χ1v) is 6.57. The van der Waals surface area contributed by atoms with Crippen molar-refractivity contribution in [1.82, 2.24) is 5.32 Å². The van der Waals surface area contributed by atoms with Crippen molar-refractivity contribution in [1.29, 1.82) is 0 Å². The molecule has 0 aromatic heterocycles. The highest BCUT2D eigenvalue weighted by molar-refractivity contribution is 5.77. The predicted molar refractivity (Wildman–Crippen MR) is 71.0 cm³/mol. The number of rotatable bonds is 7. The molecule has 0 fully saturated rings. The summed E-state index contributed by atoms with van der Waals surface area (Å²) in [5.74, 6) is -0.270. The third-order valence-electron chi connectivity index (χ3n) is 2.53. The Hall–Kier alpha value is -1.76. The number of benzene rings is 1. The van der Waals surface area contributed by atoms with Gasteiger partial charge in [-0.3, -0.25) is 5.32 Å². The van der Waals surface area contributed by atoms with Crippen molar-refractivity contribution in [3.8, 4) is 5.75 Å². The fourth-order valence-electron chi connectivity index (χ4n) is 1.73. The summed E-state index contributed by atoms with van der Waals surface area (Å²) in [7, 11) is 0. The van der Waals surface area contributed by atoms with Crippen molar-refractivity contribution < 1.29 is 27.4 Å². The van der Waals surface area contributed by atoms with E-state index in [1.165, 1.54) is 6.07 Å². The third-order valence-corrected chi connectivity index (χ3v) is 2.53. The number of hydrogen-bond donors (Lipinski definition) is 1. The van der Waals surface area contributed by atoms with Crippen LogP contribution in [-0.4, -0.2) is 31.9 Å². The van der Waals surface area contributed by atoms with E-state index in [-0.39, 0.29) is 6.61 Å². The van der Waals surface area contributed by atoms with E-state index in [2.05, 4.69) is 5.32 Å². The summed E-state index contributed by atoms with van der Waals surface area (Å²) in [6, 6.07) is 5.16. The van der Waals surface area contributed by atoms with Gasteiger partial charge in [0, 0.05) is 0 Å². The van der Waals surface area contributed by atoms with E-state index < -0.39 is 24.7 Å². The minimum Gasteiger partial charge on any atom is -0.494 e. The van der Waals surface area contributed by atoms with Crippen LogP contribution >= 0.6 is 0 Å². The largest absolute Gasteiger partial charge is 0.494 e. The lowest BCUT2D eigenvalue weighted by molar-refractivity contribution is -0.149. The van der Waals surface area contributed by atoms with Crippen LogP contribution in [0.5, 0.6) is 5.75 Å². The molecule has 0 aliphatic carbocycles. The fourth-order valence-corrected chi connectivity index (χ4v) is 1.73. The first-order valence-electron chi connectivity index (χ1n) is 6.57. The molecule has 1 unspecified atom stereocenters. The Kier molecular flexibility index (Phi) is 6.48. The van der Waals surface area contributed by atoms with Crippen LogP contribution in [-0.2, 0) is 9.53 Å². The van der Waals surface area contributed by atoms with E-state index in [1.807, 2.05) is 0 Å². The smallest absolute Gasteiger partial charge is 0.401 e. The molecule has 4 nitrogen and oxygen atoms in total. The molecule has 1 N–H and O–H groups in total. The standard InChI is InChI=1S/C14H18F3NO3/c1-3-20-11-7-5-6-10(8-11)12(13(19)21-4-2)18-9-14(15,16)17/h5-8,12,18H,3-4,9H2,1-2H3. The lowest BCUT2D eigenvalue weighted by atomic mass is 10.1. The van der Waals surface area contributed by atoms with E-state index in [1.54, 1.807) is 32.0 Å². The minimum atomic E-state index is -4.41. The van der Waals surface area contributed by atoms with Crippen LogP contribution in [0.15, 0.2) is 24.3 Å². The average molecular weight is 305 g/mol. The predicted octanol–water partition coefficient (Wildman–Crippen LogP) is 2.84. The quantitative estimate of drug-likeness (QED) is 0.787. The minimum absolute atomic E-state index is 0.0915. The van der Waals surface area contributed by atoms with Crippen LogP contribution in [0.3, 0.4) is 0 Å². The molecule has 0 bridgehead atoms. The van der Waals surface area contributed by atoms with Gasteiger partial charge in [0.1, 0.15) is 11.8 Å². The van der Waals surface area contributed by atoms with Gasteiger partial charge in [-0.05, 0) is 31.5 Å². The molecule has 21 heavy (non-hydrogen) atoms. The molecule has 1 rings (SSSR count). The van der Waals surface area contributed by atoms with E-state index in [9.17, 15) is 18.0 Å². The van der Waals surface area contributed by atoms with Gasteiger partial charge in [-0.1, -0.05) is 12.1 Å². The number of halogens is 3. The van der Waals surface area contributed by atoms with Crippen LogP contribution in [0.4, 0.5) is 13.2 Å². The lowest BCUT2D eigenvalue weighted by Crippen LogP contribution is -2.36. The molecule has 0 amide bonds. The van der Waals surface area contributed by atoms with Crippen molar-refractivity contribution in [2.24, 2.45) is 0 Å². The average Bonchev–Trinajstić information content (AvgIpc) is 2.39. The second kappa shape index (κ2) is 7.87. The highest BCUT2D eigenvalue weighted by Crippen LogP contribution is 2.22. The molecule has 1 aromatic rings. The van der Waals surface area contributed by atoms with Crippen molar-refractivity contribution in [3.05, 3.63) is 29.8 Å². The van der Waals surface area contributed by atoms with Gasteiger partial charge in [-0.25, -0.2) is 4.79 Å². The van der Waals surface area contributed by atoms with Crippen LogP contribution in [0.1, 0.15) is 25.5 Å². The monoisotopic (exact) mass is 305 g/mol. The zero-order valence-corrected chi connectivity index (χ0v) is 11.9. The number of nitrogens with one attached hydrogen (secondary N) is 1. The molecule has 0 saturated heterocycles. The summed E-state index contributed by atoms with van der Waals surface area (Å²) < 4.78 is 47.1. The van der Waals surface area contributed by atoms with Gasteiger partial charge in [0.2, 0.25) is 0 Å². The lowest BCUT2D eigenvalue weighted by Gasteiger charge is -2.19. The zero-order valence-electron chi connectivity index (χ0n) is 11.9. The maximum absolute atomic E-state index is 12.3. The van der Waals surface area contributed by atoms with Gasteiger partial charge in [0.05, 0.1) is 19.8 Å². The summed E-state index contributed by atoms with van der Waals surface area (Å²) in [6.45, 7) is 2.61. The van der Waals surface area contributed by atoms with E-state index in [4.69, 9.17) is 9.47 Å². The van der Waals surface area contributed by atoms with Crippen molar-refractivity contribution in [2.45, 2.75) is 26.1 Å². The summed E-state index contributed by atoms with van der Waals surface area (Å²) >= 11 is 0. The summed E-state index contributed by atoms with van der Waals surface area (Å²) in [4.78, 5) is 11.8. The van der Waals surface area contributed by atoms with E-state index >= 15 is 0 Å². The second-order valence-corrected chi connectivity index (χ2v) is 4.19. The second-order valence-electron chi connectivity index (χ2n) is 4.19. The number of hydrogen-bond acceptors (Lipinski definition) is 4. The summed E-state index contributed by atoms with van der Waals surface area (Å²) in [6.07, 6.45) is -4.41. The third kappa shape index (κ3) is 6.03. The van der Waals surface area contributed by atoms with E-state index in [0.717, 1.165) is 0 Å². The Morgan fingerprint density at radius 2 is 2.00 bits per heavy atom. The van der Waals surface area contributed by atoms with Crippen LogP contribution in [0, 0.1) is 0 Å².